The van der Waals surface area contributed by atoms with Crippen LogP contribution in [0, 0.1) is 11.8 Å². The molecule has 1 amide bonds. The molecule has 3 nitrogen and oxygen atoms in total. The molecule has 1 fully saturated rings. The van der Waals surface area contributed by atoms with Gasteiger partial charge in [-0.15, -0.1) is 0 Å². The van der Waals surface area contributed by atoms with Gasteiger partial charge in [0.25, 0.3) is 0 Å². The number of unbranched alkanes of at least 4 members (excludes halogenated alkanes) is 4. The molecule has 18 heavy (non-hydrogen) atoms. The first kappa shape index (κ1) is 15.5. The normalized spacial score (nSPS) is 24.3. The van der Waals surface area contributed by atoms with Crippen LogP contribution in [0.5, 0.6) is 0 Å². The summed E-state index contributed by atoms with van der Waals surface area (Å²) in [5.74, 6) is 1.52. The maximum absolute atomic E-state index is 12.1. The minimum Gasteiger partial charge on any atom is -0.342 e. The first-order chi connectivity index (χ1) is 8.69. The van der Waals surface area contributed by atoms with Gasteiger partial charge in [0.15, 0.2) is 0 Å². The highest BCUT2D eigenvalue weighted by Crippen LogP contribution is 2.23. The highest BCUT2D eigenvalue weighted by Gasteiger charge is 2.27. The molecule has 2 atom stereocenters. The monoisotopic (exact) mass is 254 g/mol. The second-order valence-corrected chi connectivity index (χ2v) is 5.77. The van der Waals surface area contributed by atoms with Crippen molar-refractivity contribution in [3.8, 4) is 0 Å². The van der Waals surface area contributed by atoms with Crippen molar-refractivity contribution in [1.29, 1.82) is 0 Å². The summed E-state index contributed by atoms with van der Waals surface area (Å²) < 4.78 is 0. The summed E-state index contributed by atoms with van der Waals surface area (Å²) in [6.07, 6.45) is 7.92. The van der Waals surface area contributed by atoms with Crippen molar-refractivity contribution >= 4 is 5.91 Å². The summed E-state index contributed by atoms with van der Waals surface area (Å²) in [7, 11) is 0. The number of piperidine rings is 1. The molecular weight excluding hydrogens is 224 g/mol. The maximum Gasteiger partial charge on any atom is 0.222 e. The molecule has 1 saturated heterocycles. The molecule has 1 rings (SSSR count). The minimum absolute atomic E-state index is 0.344. The molecule has 0 bridgehead atoms. The Balaban J connectivity index is 2.21. The van der Waals surface area contributed by atoms with Gasteiger partial charge in [-0.1, -0.05) is 39.5 Å². The summed E-state index contributed by atoms with van der Waals surface area (Å²) >= 11 is 0. The van der Waals surface area contributed by atoms with Crippen molar-refractivity contribution in [3.63, 3.8) is 0 Å². The second-order valence-electron chi connectivity index (χ2n) is 5.77. The number of carbonyl (C=O) groups excluding carboxylic acids is 1. The van der Waals surface area contributed by atoms with Gasteiger partial charge < -0.3 is 10.6 Å². The van der Waals surface area contributed by atoms with Gasteiger partial charge in [0, 0.05) is 19.5 Å². The third-order valence-electron chi connectivity index (χ3n) is 4.26. The Morgan fingerprint density at radius 1 is 1.28 bits per heavy atom. The molecule has 0 radical (unpaired) electrons. The zero-order valence-electron chi connectivity index (χ0n) is 12.2. The number of amides is 1. The molecule has 2 N–H and O–H groups in total. The zero-order chi connectivity index (χ0) is 13.4. The maximum atomic E-state index is 12.1. The highest BCUT2D eigenvalue weighted by atomic mass is 16.2. The molecule has 0 spiro atoms. The molecule has 2 unspecified atom stereocenters. The van der Waals surface area contributed by atoms with Crippen LogP contribution in [-0.4, -0.2) is 30.4 Å². The van der Waals surface area contributed by atoms with Gasteiger partial charge in [0.1, 0.15) is 0 Å². The number of hydrogen-bond donors (Lipinski definition) is 1. The van der Waals surface area contributed by atoms with Crippen molar-refractivity contribution in [1.82, 2.24) is 4.90 Å². The quantitative estimate of drug-likeness (QED) is 0.710. The standard InChI is InChI=1S/C15H30N2O/c1-3-4-5-6-7-8-15(18)17-10-9-13(2)14(11-16)12-17/h13-14H,3-12,16H2,1-2H3. The minimum atomic E-state index is 0.344. The van der Waals surface area contributed by atoms with Crippen LogP contribution in [0.4, 0.5) is 0 Å². The molecule has 0 aromatic heterocycles. The molecule has 106 valence electrons. The van der Waals surface area contributed by atoms with E-state index in [1.807, 2.05) is 4.90 Å². The van der Waals surface area contributed by atoms with Gasteiger partial charge in [-0.25, -0.2) is 0 Å². The van der Waals surface area contributed by atoms with E-state index < -0.39 is 0 Å². The highest BCUT2D eigenvalue weighted by molar-refractivity contribution is 5.76. The summed E-state index contributed by atoms with van der Waals surface area (Å²) in [6.45, 7) is 7.00. The van der Waals surface area contributed by atoms with E-state index in [2.05, 4.69) is 13.8 Å². The van der Waals surface area contributed by atoms with Gasteiger partial charge in [-0.05, 0) is 31.2 Å². The van der Waals surface area contributed by atoms with E-state index in [1.54, 1.807) is 0 Å². The Morgan fingerprint density at radius 3 is 2.67 bits per heavy atom. The van der Waals surface area contributed by atoms with Gasteiger partial charge >= 0.3 is 0 Å². The van der Waals surface area contributed by atoms with Crippen LogP contribution in [0.2, 0.25) is 0 Å². The summed E-state index contributed by atoms with van der Waals surface area (Å²) in [4.78, 5) is 14.1. The summed E-state index contributed by atoms with van der Waals surface area (Å²) in [5, 5.41) is 0. The summed E-state index contributed by atoms with van der Waals surface area (Å²) in [5.41, 5.74) is 5.77. The average Bonchev–Trinajstić information content (AvgIpc) is 2.38. The Morgan fingerprint density at radius 2 is 2.00 bits per heavy atom. The molecule has 0 aromatic rings. The SMILES string of the molecule is CCCCCCCC(=O)N1CCC(C)C(CN)C1. The van der Waals surface area contributed by atoms with Crippen LogP contribution < -0.4 is 5.73 Å². The van der Waals surface area contributed by atoms with Crippen molar-refractivity contribution < 1.29 is 4.79 Å². The second kappa shape index (κ2) is 8.52. The Hall–Kier alpha value is -0.570. The molecule has 1 aliphatic rings. The fourth-order valence-electron chi connectivity index (χ4n) is 2.72. The van der Waals surface area contributed by atoms with E-state index in [-0.39, 0.29) is 0 Å². The number of rotatable bonds is 7. The lowest BCUT2D eigenvalue weighted by Crippen LogP contribution is -2.45. The third kappa shape index (κ3) is 4.97. The van der Waals surface area contributed by atoms with Gasteiger partial charge in [0.2, 0.25) is 5.91 Å². The lowest BCUT2D eigenvalue weighted by atomic mass is 9.87. The van der Waals surface area contributed by atoms with E-state index in [9.17, 15) is 4.79 Å². The van der Waals surface area contributed by atoms with Crippen molar-refractivity contribution in [2.45, 2.75) is 58.8 Å². The summed E-state index contributed by atoms with van der Waals surface area (Å²) in [6, 6.07) is 0. The molecule has 1 aliphatic heterocycles. The van der Waals surface area contributed by atoms with Crippen LogP contribution in [0.25, 0.3) is 0 Å². The van der Waals surface area contributed by atoms with Crippen LogP contribution in [0.1, 0.15) is 58.8 Å². The van der Waals surface area contributed by atoms with Crippen molar-refractivity contribution in [2.75, 3.05) is 19.6 Å². The molecule has 0 saturated carbocycles. The van der Waals surface area contributed by atoms with Crippen LogP contribution >= 0.6 is 0 Å². The number of nitrogens with two attached hydrogens (primary N) is 1. The third-order valence-corrected chi connectivity index (χ3v) is 4.26. The Bertz CT molecular complexity index is 243. The zero-order valence-corrected chi connectivity index (χ0v) is 12.2. The molecule has 0 aliphatic carbocycles. The van der Waals surface area contributed by atoms with Crippen LogP contribution in [0.3, 0.4) is 0 Å². The Labute approximate surface area is 112 Å². The van der Waals surface area contributed by atoms with Crippen molar-refractivity contribution in [2.24, 2.45) is 17.6 Å². The van der Waals surface area contributed by atoms with Crippen LogP contribution in [-0.2, 0) is 4.79 Å². The van der Waals surface area contributed by atoms with Crippen LogP contribution in [0.15, 0.2) is 0 Å². The van der Waals surface area contributed by atoms with Gasteiger partial charge in [-0.2, -0.15) is 0 Å². The lowest BCUT2D eigenvalue weighted by Gasteiger charge is -2.36. The Kier molecular flexibility index (Phi) is 7.33. The smallest absolute Gasteiger partial charge is 0.222 e. The first-order valence-corrected chi connectivity index (χ1v) is 7.66. The van der Waals surface area contributed by atoms with E-state index in [0.29, 0.717) is 24.3 Å². The predicted molar refractivity (Wildman–Crippen MR) is 76.3 cm³/mol. The van der Waals surface area contributed by atoms with Crippen molar-refractivity contribution in [3.05, 3.63) is 0 Å². The number of likely N-dealkylation sites (tertiary alicyclic amines) is 1. The molecular formula is C15H30N2O. The van der Waals surface area contributed by atoms with E-state index in [0.717, 1.165) is 32.4 Å². The lowest BCUT2D eigenvalue weighted by molar-refractivity contribution is -0.133. The average molecular weight is 254 g/mol. The number of carbonyl (C=O) groups is 1. The van der Waals surface area contributed by atoms with Gasteiger partial charge in [-0.3, -0.25) is 4.79 Å². The molecule has 3 heteroatoms. The largest absolute Gasteiger partial charge is 0.342 e. The van der Waals surface area contributed by atoms with E-state index in [4.69, 9.17) is 5.73 Å². The molecule has 1 heterocycles. The van der Waals surface area contributed by atoms with E-state index >= 15 is 0 Å². The fraction of sp³-hybridized carbons (Fsp3) is 0.933. The number of hydrogen-bond acceptors (Lipinski definition) is 2. The van der Waals surface area contributed by atoms with E-state index in [1.165, 1.54) is 25.7 Å². The number of nitrogens with zero attached hydrogens (tertiary/aromatic N) is 1. The molecule has 0 aromatic carbocycles. The fourth-order valence-corrected chi connectivity index (χ4v) is 2.72. The van der Waals surface area contributed by atoms with Gasteiger partial charge in [0.05, 0.1) is 0 Å². The topological polar surface area (TPSA) is 46.3 Å². The first-order valence-electron chi connectivity index (χ1n) is 7.66. The predicted octanol–water partition coefficient (Wildman–Crippen LogP) is 2.79.